The maximum absolute atomic E-state index is 5.81. The summed E-state index contributed by atoms with van der Waals surface area (Å²) in [6.45, 7) is 2.24. The van der Waals surface area contributed by atoms with Crippen LogP contribution < -0.4 is 0 Å². The fraction of sp³-hybridized carbons (Fsp3) is 0.300. The first-order chi connectivity index (χ1) is 11.8. The van der Waals surface area contributed by atoms with E-state index in [9.17, 15) is 0 Å². The monoisotopic (exact) mass is 384 g/mol. The molecule has 1 heterocycles. The van der Waals surface area contributed by atoms with E-state index in [2.05, 4.69) is 57.3 Å². The first-order valence-corrected chi connectivity index (χ1v) is 9.24. The predicted molar refractivity (Wildman–Crippen MR) is 101 cm³/mol. The smallest absolute Gasteiger partial charge is 0.248 e. The van der Waals surface area contributed by atoms with Gasteiger partial charge in [0.05, 0.1) is 0 Å². The Balaban J connectivity index is 1.67. The Morgan fingerprint density at radius 3 is 1.96 bits per heavy atom. The highest BCUT2D eigenvalue weighted by molar-refractivity contribution is 9.10. The fourth-order valence-corrected chi connectivity index (χ4v) is 2.88. The van der Waals surface area contributed by atoms with Crippen LogP contribution in [0.15, 0.2) is 57.4 Å². The van der Waals surface area contributed by atoms with Gasteiger partial charge in [0.1, 0.15) is 0 Å². The zero-order valence-corrected chi connectivity index (χ0v) is 15.4. The van der Waals surface area contributed by atoms with E-state index in [1.54, 1.807) is 0 Å². The van der Waals surface area contributed by atoms with Gasteiger partial charge < -0.3 is 4.42 Å². The molecule has 0 bridgehead atoms. The number of halogens is 1. The highest BCUT2D eigenvalue weighted by atomic mass is 79.9. The Morgan fingerprint density at radius 2 is 1.38 bits per heavy atom. The summed E-state index contributed by atoms with van der Waals surface area (Å²) in [5.41, 5.74) is 3.25. The van der Waals surface area contributed by atoms with Crippen LogP contribution in [0.4, 0.5) is 0 Å². The van der Waals surface area contributed by atoms with Crippen LogP contribution in [-0.4, -0.2) is 10.2 Å². The minimum absolute atomic E-state index is 0.543. The third kappa shape index (κ3) is 4.32. The zero-order valence-electron chi connectivity index (χ0n) is 13.8. The minimum Gasteiger partial charge on any atom is -0.416 e. The first kappa shape index (κ1) is 16.9. The summed E-state index contributed by atoms with van der Waals surface area (Å²) in [5.74, 6) is 1.10. The number of aromatic nitrogens is 2. The molecule has 0 aliphatic carbocycles. The van der Waals surface area contributed by atoms with Crippen molar-refractivity contribution in [2.75, 3.05) is 0 Å². The maximum Gasteiger partial charge on any atom is 0.248 e. The molecule has 0 N–H and O–H groups in total. The molecule has 0 fully saturated rings. The molecule has 0 saturated carbocycles. The SMILES string of the molecule is CCCCCCc1ccc(-c2nnc(-c3ccc(Br)cc3)o2)cc1. The molecule has 0 amide bonds. The molecule has 0 aliphatic heterocycles. The molecular formula is C20H21BrN2O. The summed E-state index contributed by atoms with van der Waals surface area (Å²) in [6.07, 6.45) is 6.28. The Hall–Kier alpha value is -1.94. The third-order valence-electron chi connectivity index (χ3n) is 4.04. The molecule has 0 saturated heterocycles. The normalized spacial score (nSPS) is 10.9. The van der Waals surface area contributed by atoms with E-state index >= 15 is 0 Å². The van der Waals surface area contributed by atoms with Gasteiger partial charge in [0.2, 0.25) is 11.8 Å². The van der Waals surface area contributed by atoms with Gasteiger partial charge in [-0.25, -0.2) is 0 Å². The quantitative estimate of drug-likeness (QED) is 0.449. The lowest BCUT2D eigenvalue weighted by Gasteiger charge is -2.02. The zero-order chi connectivity index (χ0) is 16.8. The molecule has 0 radical (unpaired) electrons. The topological polar surface area (TPSA) is 38.9 Å². The highest BCUT2D eigenvalue weighted by Crippen LogP contribution is 2.25. The van der Waals surface area contributed by atoms with E-state index in [4.69, 9.17) is 4.42 Å². The van der Waals surface area contributed by atoms with Gasteiger partial charge in [-0.15, -0.1) is 10.2 Å². The highest BCUT2D eigenvalue weighted by Gasteiger charge is 2.10. The van der Waals surface area contributed by atoms with Crippen LogP contribution >= 0.6 is 15.9 Å². The number of hydrogen-bond donors (Lipinski definition) is 0. The van der Waals surface area contributed by atoms with Gasteiger partial charge in [-0.1, -0.05) is 54.2 Å². The molecule has 124 valence electrons. The Labute approximate surface area is 151 Å². The van der Waals surface area contributed by atoms with Crippen LogP contribution in [0.1, 0.15) is 38.2 Å². The lowest BCUT2D eigenvalue weighted by Crippen LogP contribution is -1.86. The predicted octanol–water partition coefficient (Wildman–Crippen LogP) is 6.29. The van der Waals surface area contributed by atoms with Crippen molar-refractivity contribution in [2.45, 2.75) is 39.0 Å². The fourth-order valence-electron chi connectivity index (χ4n) is 2.62. The summed E-state index contributed by atoms with van der Waals surface area (Å²) >= 11 is 3.43. The standard InChI is InChI=1S/C20H21BrN2O/c1-2-3-4-5-6-15-7-9-16(10-8-15)19-22-23-20(24-19)17-11-13-18(21)14-12-17/h7-14H,2-6H2,1H3. The van der Waals surface area contributed by atoms with E-state index in [1.165, 1.54) is 31.2 Å². The van der Waals surface area contributed by atoms with E-state index in [-0.39, 0.29) is 0 Å². The second kappa shape index (κ2) is 8.25. The van der Waals surface area contributed by atoms with Crippen LogP contribution in [-0.2, 0) is 6.42 Å². The van der Waals surface area contributed by atoms with Gasteiger partial charge in [-0.3, -0.25) is 0 Å². The number of rotatable bonds is 7. The lowest BCUT2D eigenvalue weighted by atomic mass is 10.0. The van der Waals surface area contributed by atoms with Crippen molar-refractivity contribution in [1.29, 1.82) is 0 Å². The van der Waals surface area contributed by atoms with E-state index < -0.39 is 0 Å². The molecular weight excluding hydrogens is 364 g/mol. The summed E-state index contributed by atoms with van der Waals surface area (Å²) in [7, 11) is 0. The van der Waals surface area contributed by atoms with E-state index in [1.807, 2.05) is 24.3 Å². The van der Waals surface area contributed by atoms with Gasteiger partial charge in [0, 0.05) is 15.6 Å². The van der Waals surface area contributed by atoms with Crippen LogP contribution in [0.3, 0.4) is 0 Å². The Morgan fingerprint density at radius 1 is 0.792 bits per heavy atom. The van der Waals surface area contributed by atoms with E-state index in [0.717, 1.165) is 22.0 Å². The summed E-state index contributed by atoms with van der Waals surface area (Å²) in [4.78, 5) is 0. The van der Waals surface area contributed by atoms with Crippen LogP contribution in [0.5, 0.6) is 0 Å². The molecule has 1 aromatic heterocycles. The number of nitrogens with zero attached hydrogens (tertiary/aromatic N) is 2. The van der Waals surface area contributed by atoms with Crippen molar-refractivity contribution in [2.24, 2.45) is 0 Å². The van der Waals surface area contributed by atoms with Crippen LogP contribution in [0.2, 0.25) is 0 Å². The molecule has 24 heavy (non-hydrogen) atoms. The van der Waals surface area contributed by atoms with Crippen LogP contribution in [0.25, 0.3) is 22.9 Å². The summed E-state index contributed by atoms with van der Waals surface area (Å²) in [5, 5.41) is 8.33. The second-order valence-corrected chi connectivity index (χ2v) is 6.84. The molecule has 4 heteroatoms. The molecule has 2 aromatic carbocycles. The van der Waals surface area contributed by atoms with Crippen molar-refractivity contribution in [3.63, 3.8) is 0 Å². The number of aryl methyl sites for hydroxylation is 1. The van der Waals surface area contributed by atoms with Crippen LogP contribution in [0, 0.1) is 0 Å². The van der Waals surface area contributed by atoms with Crippen molar-refractivity contribution in [3.8, 4) is 22.9 Å². The van der Waals surface area contributed by atoms with Gasteiger partial charge in [-0.05, 0) is 54.8 Å². The molecule has 3 rings (SSSR count). The van der Waals surface area contributed by atoms with Crippen molar-refractivity contribution < 1.29 is 4.42 Å². The molecule has 0 aliphatic rings. The largest absolute Gasteiger partial charge is 0.416 e. The number of hydrogen-bond acceptors (Lipinski definition) is 3. The summed E-state index contributed by atoms with van der Waals surface area (Å²) in [6, 6.07) is 16.3. The third-order valence-corrected chi connectivity index (χ3v) is 4.56. The second-order valence-electron chi connectivity index (χ2n) is 5.93. The van der Waals surface area contributed by atoms with Gasteiger partial charge in [0.15, 0.2) is 0 Å². The molecule has 0 unspecified atom stereocenters. The number of unbranched alkanes of at least 4 members (excludes halogenated alkanes) is 3. The van der Waals surface area contributed by atoms with Gasteiger partial charge >= 0.3 is 0 Å². The maximum atomic E-state index is 5.81. The Bertz CT molecular complexity index is 763. The average Bonchev–Trinajstić information content (AvgIpc) is 3.10. The Kier molecular flexibility index (Phi) is 5.81. The van der Waals surface area contributed by atoms with Gasteiger partial charge in [-0.2, -0.15) is 0 Å². The lowest BCUT2D eigenvalue weighted by molar-refractivity contribution is 0.584. The molecule has 3 aromatic rings. The number of benzene rings is 2. The van der Waals surface area contributed by atoms with Crippen molar-refractivity contribution >= 4 is 15.9 Å². The van der Waals surface area contributed by atoms with Crippen molar-refractivity contribution in [3.05, 3.63) is 58.6 Å². The minimum atomic E-state index is 0.543. The average molecular weight is 385 g/mol. The van der Waals surface area contributed by atoms with E-state index in [0.29, 0.717) is 11.8 Å². The first-order valence-electron chi connectivity index (χ1n) is 8.45. The molecule has 0 spiro atoms. The summed E-state index contributed by atoms with van der Waals surface area (Å²) < 4.78 is 6.84. The molecule has 0 atom stereocenters. The molecule has 3 nitrogen and oxygen atoms in total. The van der Waals surface area contributed by atoms with Crippen molar-refractivity contribution in [1.82, 2.24) is 10.2 Å². The van der Waals surface area contributed by atoms with Gasteiger partial charge in [0.25, 0.3) is 0 Å².